The zero-order chi connectivity index (χ0) is 21.6. The number of carbonyl (C=O) groups is 1. The van der Waals surface area contributed by atoms with Crippen LogP contribution in [0.3, 0.4) is 0 Å². The summed E-state index contributed by atoms with van der Waals surface area (Å²) in [6.45, 7) is 9.52. The fourth-order valence-electron chi connectivity index (χ4n) is 6.52. The van der Waals surface area contributed by atoms with Crippen LogP contribution in [0, 0.1) is 23.2 Å². The minimum absolute atomic E-state index is 0.0105. The second-order valence-electron chi connectivity index (χ2n) is 10.3. The maximum absolute atomic E-state index is 12.9. The number of carbonyl (C=O) groups excluding carboxylic acids is 1. The van der Waals surface area contributed by atoms with Gasteiger partial charge in [-0.2, -0.15) is 0 Å². The molecule has 1 saturated carbocycles. The van der Waals surface area contributed by atoms with Crippen molar-refractivity contribution in [2.45, 2.75) is 45.6 Å². The van der Waals surface area contributed by atoms with E-state index >= 15 is 0 Å². The van der Waals surface area contributed by atoms with E-state index in [0.717, 1.165) is 44.9 Å². The lowest BCUT2D eigenvalue weighted by Crippen LogP contribution is -2.49. The predicted octanol–water partition coefficient (Wildman–Crippen LogP) is 4.13. The van der Waals surface area contributed by atoms with Gasteiger partial charge in [-0.3, -0.25) is 9.69 Å². The van der Waals surface area contributed by atoms with Gasteiger partial charge in [-0.1, -0.05) is 31.9 Å². The molecule has 1 aromatic carbocycles. The first kappa shape index (κ1) is 20.9. The first-order valence-electron chi connectivity index (χ1n) is 12.0. The van der Waals surface area contributed by atoms with Gasteiger partial charge in [0.1, 0.15) is 11.9 Å². The normalized spacial score (nSPS) is 35.8. The number of hydrogen-bond acceptors (Lipinski definition) is 5. The summed E-state index contributed by atoms with van der Waals surface area (Å²) in [5.41, 5.74) is 3.08. The molecule has 0 N–H and O–H groups in total. The molecule has 1 aromatic rings. The van der Waals surface area contributed by atoms with Crippen LogP contribution in [0.5, 0.6) is 5.75 Å². The van der Waals surface area contributed by atoms with Gasteiger partial charge in [0, 0.05) is 44.3 Å². The van der Waals surface area contributed by atoms with E-state index in [0.29, 0.717) is 5.92 Å². The van der Waals surface area contributed by atoms with Crippen molar-refractivity contribution in [3.05, 3.63) is 35.9 Å². The smallest absolute Gasteiger partial charge is 0.311 e. The van der Waals surface area contributed by atoms with Gasteiger partial charge in [-0.25, -0.2) is 0 Å². The van der Waals surface area contributed by atoms with Crippen molar-refractivity contribution in [2.75, 3.05) is 44.7 Å². The molecule has 0 radical (unpaired) electrons. The van der Waals surface area contributed by atoms with Crippen LogP contribution in [0.4, 0.5) is 5.69 Å². The molecule has 5 atom stereocenters. The first-order chi connectivity index (χ1) is 15.0. The van der Waals surface area contributed by atoms with Crippen molar-refractivity contribution in [1.29, 1.82) is 0 Å². The molecule has 2 aliphatic heterocycles. The van der Waals surface area contributed by atoms with Crippen LogP contribution < -0.4 is 9.64 Å². The molecule has 0 amide bonds. The Kier molecular flexibility index (Phi) is 5.49. The molecule has 2 saturated heterocycles. The number of ether oxygens (including phenoxy) is 2. The predicted molar refractivity (Wildman–Crippen MR) is 122 cm³/mol. The average Bonchev–Trinajstić information content (AvgIpc) is 3.06. The van der Waals surface area contributed by atoms with Crippen LogP contribution in [-0.4, -0.2) is 56.8 Å². The Labute approximate surface area is 186 Å². The van der Waals surface area contributed by atoms with E-state index in [1.54, 1.807) is 12.7 Å². The third kappa shape index (κ3) is 3.86. The third-order valence-electron chi connectivity index (χ3n) is 8.35. The monoisotopic (exact) mass is 424 g/mol. The SMILES string of the molecule is COc1ccc(N2CCN(C[C@@H]3C(=O)O[C@@H]4C[C@@]5(C)CCC[C@@H](C)C5=C[C@H]34)CC2)cc1. The van der Waals surface area contributed by atoms with Crippen LogP contribution in [0.25, 0.3) is 0 Å². The van der Waals surface area contributed by atoms with Crippen LogP contribution in [0.1, 0.15) is 39.5 Å². The molecule has 5 nitrogen and oxygen atoms in total. The van der Waals surface area contributed by atoms with Crippen LogP contribution in [0.15, 0.2) is 35.9 Å². The average molecular weight is 425 g/mol. The van der Waals surface area contributed by atoms with E-state index in [9.17, 15) is 4.79 Å². The van der Waals surface area contributed by atoms with E-state index < -0.39 is 0 Å². The molecule has 0 aromatic heterocycles. The van der Waals surface area contributed by atoms with Crippen molar-refractivity contribution < 1.29 is 14.3 Å². The van der Waals surface area contributed by atoms with Gasteiger partial charge in [0.2, 0.25) is 0 Å². The second-order valence-corrected chi connectivity index (χ2v) is 10.3. The van der Waals surface area contributed by atoms with Crippen molar-refractivity contribution in [2.24, 2.45) is 23.2 Å². The highest BCUT2D eigenvalue weighted by molar-refractivity contribution is 5.76. The lowest BCUT2D eigenvalue weighted by molar-refractivity contribution is -0.145. The molecular formula is C26H36N2O3. The van der Waals surface area contributed by atoms with Crippen LogP contribution in [-0.2, 0) is 9.53 Å². The Balaban J connectivity index is 1.24. The lowest BCUT2D eigenvalue weighted by atomic mass is 9.59. The van der Waals surface area contributed by atoms with Crippen LogP contribution in [0.2, 0.25) is 0 Å². The quantitative estimate of drug-likeness (QED) is 0.537. The molecule has 168 valence electrons. The first-order valence-corrected chi connectivity index (χ1v) is 12.0. The molecule has 4 aliphatic rings. The van der Waals surface area contributed by atoms with Gasteiger partial charge in [-0.15, -0.1) is 0 Å². The van der Waals surface area contributed by atoms with E-state index in [2.05, 4.69) is 41.9 Å². The number of allylic oxidation sites excluding steroid dienone is 1. The molecule has 3 fully saturated rings. The van der Waals surface area contributed by atoms with Crippen molar-refractivity contribution in [1.82, 2.24) is 4.90 Å². The van der Waals surface area contributed by atoms with Gasteiger partial charge in [0.15, 0.2) is 0 Å². The van der Waals surface area contributed by atoms with Gasteiger partial charge in [0.05, 0.1) is 13.0 Å². The molecule has 0 spiro atoms. The van der Waals surface area contributed by atoms with E-state index in [1.807, 2.05) is 12.1 Å². The third-order valence-corrected chi connectivity index (χ3v) is 8.35. The maximum Gasteiger partial charge on any atom is 0.311 e. The summed E-state index contributed by atoms with van der Waals surface area (Å²) in [5.74, 6) is 1.81. The van der Waals surface area contributed by atoms with Crippen molar-refractivity contribution in [3.8, 4) is 5.75 Å². The minimum Gasteiger partial charge on any atom is -0.497 e. The van der Waals surface area contributed by atoms with Gasteiger partial charge in [-0.05, 0) is 54.9 Å². The highest BCUT2D eigenvalue weighted by Crippen LogP contribution is 2.54. The summed E-state index contributed by atoms with van der Waals surface area (Å²) in [5, 5.41) is 0. The van der Waals surface area contributed by atoms with Gasteiger partial charge >= 0.3 is 5.97 Å². The maximum atomic E-state index is 12.9. The Morgan fingerprint density at radius 2 is 1.90 bits per heavy atom. The Morgan fingerprint density at radius 3 is 2.61 bits per heavy atom. The molecule has 0 bridgehead atoms. The summed E-state index contributed by atoms with van der Waals surface area (Å²) < 4.78 is 11.2. The number of anilines is 1. The summed E-state index contributed by atoms with van der Waals surface area (Å²) >= 11 is 0. The van der Waals surface area contributed by atoms with E-state index in [4.69, 9.17) is 9.47 Å². The number of hydrogen-bond donors (Lipinski definition) is 0. The fourth-order valence-corrected chi connectivity index (χ4v) is 6.52. The lowest BCUT2D eigenvalue weighted by Gasteiger charge is -2.46. The zero-order valence-corrected chi connectivity index (χ0v) is 19.2. The van der Waals surface area contributed by atoms with Gasteiger partial charge < -0.3 is 14.4 Å². The largest absolute Gasteiger partial charge is 0.497 e. The summed E-state index contributed by atoms with van der Waals surface area (Å²) in [4.78, 5) is 17.7. The zero-order valence-electron chi connectivity index (χ0n) is 19.2. The Bertz CT molecular complexity index is 843. The number of esters is 1. The van der Waals surface area contributed by atoms with Crippen LogP contribution >= 0.6 is 0 Å². The highest BCUT2D eigenvalue weighted by atomic mass is 16.6. The fraction of sp³-hybridized carbons (Fsp3) is 0.654. The van der Waals surface area contributed by atoms with Crippen molar-refractivity contribution in [3.63, 3.8) is 0 Å². The Hall–Kier alpha value is -2.01. The second kappa shape index (κ2) is 8.16. The molecule has 2 heterocycles. The number of benzene rings is 1. The van der Waals surface area contributed by atoms with E-state index in [1.165, 1.54) is 24.9 Å². The topological polar surface area (TPSA) is 42.0 Å². The number of rotatable bonds is 4. The van der Waals surface area contributed by atoms with Gasteiger partial charge in [0.25, 0.3) is 0 Å². The number of methoxy groups -OCH3 is 1. The van der Waals surface area contributed by atoms with E-state index in [-0.39, 0.29) is 29.3 Å². The molecule has 5 rings (SSSR count). The standard InChI is InChI=1S/C26H36N2O3/c1-18-5-4-10-26(2)16-24-21(15-23(18)26)22(25(29)31-24)17-27-11-13-28(14-12-27)19-6-8-20(30-3)9-7-19/h6-9,15,18,21-22,24H,4-5,10-14,16-17H2,1-3H3/t18-,21-,22+,24-,26-/m1/s1. The molecular weight excluding hydrogens is 388 g/mol. The molecule has 5 heteroatoms. The number of nitrogens with zero attached hydrogens (tertiary/aromatic N) is 2. The summed E-state index contributed by atoms with van der Waals surface area (Å²) in [7, 11) is 1.70. The summed E-state index contributed by atoms with van der Waals surface area (Å²) in [6, 6.07) is 8.30. The molecule has 0 unspecified atom stereocenters. The number of fused-ring (bicyclic) bond motifs is 2. The molecule has 31 heavy (non-hydrogen) atoms. The van der Waals surface area contributed by atoms with Crippen molar-refractivity contribution >= 4 is 11.7 Å². The minimum atomic E-state index is -0.0105. The highest BCUT2D eigenvalue weighted by Gasteiger charge is 2.52. The molecule has 2 aliphatic carbocycles. The Morgan fingerprint density at radius 1 is 1.16 bits per heavy atom. The number of piperazine rings is 1. The summed E-state index contributed by atoms with van der Waals surface area (Å²) in [6.07, 6.45) is 7.38.